The number of rotatable bonds is 2. The number of morpholine rings is 1. The molecule has 0 radical (unpaired) electrons. The zero-order valence-corrected chi connectivity index (χ0v) is 14.4. The normalized spacial score (nSPS) is 18.3. The Morgan fingerprint density at radius 2 is 2.09 bits per heavy atom. The van der Waals surface area contributed by atoms with E-state index in [1.165, 1.54) is 0 Å². The minimum atomic E-state index is -0.0808. The molecule has 1 fully saturated rings. The van der Waals surface area contributed by atoms with Crippen LogP contribution in [0.4, 0.5) is 0 Å². The number of aromatic nitrogens is 2. The van der Waals surface area contributed by atoms with Gasteiger partial charge in [-0.3, -0.25) is 9.48 Å². The van der Waals surface area contributed by atoms with Crippen molar-refractivity contribution in [3.8, 4) is 11.3 Å². The van der Waals surface area contributed by atoms with Gasteiger partial charge in [0.05, 0.1) is 35.0 Å². The van der Waals surface area contributed by atoms with E-state index in [9.17, 15) is 4.79 Å². The van der Waals surface area contributed by atoms with Crippen molar-refractivity contribution in [2.24, 2.45) is 7.05 Å². The van der Waals surface area contributed by atoms with Crippen LogP contribution in [0.5, 0.6) is 0 Å². The lowest BCUT2D eigenvalue weighted by Gasteiger charge is -2.32. The van der Waals surface area contributed by atoms with E-state index in [0.29, 0.717) is 35.5 Å². The van der Waals surface area contributed by atoms with Crippen LogP contribution >= 0.6 is 23.2 Å². The van der Waals surface area contributed by atoms with Crippen LogP contribution in [0.2, 0.25) is 10.0 Å². The fourth-order valence-corrected chi connectivity index (χ4v) is 2.97. The number of nitrogens with zero attached hydrogens (tertiary/aromatic N) is 3. The van der Waals surface area contributed by atoms with Gasteiger partial charge in [-0.15, -0.1) is 0 Å². The third-order valence-electron chi connectivity index (χ3n) is 3.94. The van der Waals surface area contributed by atoms with Crippen molar-refractivity contribution in [3.05, 3.63) is 40.0 Å². The van der Waals surface area contributed by atoms with E-state index in [2.05, 4.69) is 5.10 Å². The third-order valence-corrected chi connectivity index (χ3v) is 4.68. The van der Waals surface area contributed by atoms with Crippen LogP contribution in [-0.4, -0.2) is 46.4 Å². The maximum atomic E-state index is 12.7. The SMILES string of the molecule is CC1COCCN1C(=O)c1cc(-c2ccc(Cl)c(Cl)c2)n(C)n1. The summed E-state index contributed by atoms with van der Waals surface area (Å²) in [6.45, 7) is 3.67. The molecule has 0 spiro atoms. The van der Waals surface area contributed by atoms with Crippen LogP contribution in [0.25, 0.3) is 11.3 Å². The lowest BCUT2D eigenvalue weighted by Crippen LogP contribution is -2.47. The molecule has 2 heterocycles. The van der Waals surface area contributed by atoms with Crippen LogP contribution in [0.1, 0.15) is 17.4 Å². The fraction of sp³-hybridized carbons (Fsp3) is 0.375. The summed E-state index contributed by atoms with van der Waals surface area (Å²) in [6.07, 6.45) is 0. The van der Waals surface area contributed by atoms with E-state index in [-0.39, 0.29) is 11.9 Å². The predicted molar refractivity (Wildman–Crippen MR) is 90.0 cm³/mol. The maximum absolute atomic E-state index is 12.7. The Morgan fingerprint density at radius 1 is 1.30 bits per heavy atom. The van der Waals surface area contributed by atoms with Crippen LogP contribution in [0.3, 0.4) is 0 Å². The summed E-state index contributed by atoms with van der Waals surface area (Å²) in [5, 5.41) is 5.33. The standard InChI is InChI=1S/C16H17Cl2N3O2/c1-10-9-23-6-5-21(10)16(22)14-8-15(20(2)19-14)11-3-4-12(17)13(18)7-11/h3-4,7-8,10H,5-6,9H2,1-2H3. The number of amides is 1. The second kappa shape index (κ2) is 6.51. The Balaban J connectivity index is 1.91. The summed E-state index contributed by atoms with van der Waals surface area (Å²) in [6, 6.07) is 7.19. The highest BCUT2D eigenvalue weighted by Gasteiger charge is 2.27. The van der Waals surface area contributed by atoms with Crippen molar-refractivity contribution in [1.29, 1.82) is 0 Å². The summed E-state index contributed by atoms with van der Waals surface area (Å²) >= 11 is 12.0. The molecule has 23 heavy (non-hydrogen) atoms. The first-order valence-electron chi connectivity index (χ1n) is 7.35. The summed E-state index contributed by atoms with van der Waals surface area (Å²) in [5.41, 5.74) is 2.10. The molecule has 1 aromatic carbocycles. The summed E-state index contributed by atoms with van der Waals surface area (Å²) < 4.78 is 7.05. The van der Waals surface area contributed by atoms with Gasteiger partial charge in [0.1, 0.15) is 0 Å². The van der Waals surface area contributed by atoms with E-state index in [4.69, 9.17) is 27.9 Å². The van der Waals surface area contributed by atoms with Gasteiger partial charge in [0.2, 0.25) is 0 Å². The van der Waals surface area contributed by atoms with Gasteiger partial charge < -0.3 is 9.64 Å². The molecule has 1 unspecified atom stereocenters. The molecule has 7 heteroatoms. The summed E-state index contributed by atoms with van der Waals surface area (Å²) in [7, 11) is 1.80. The topological polar surface area (TPSA) is 47.4 Å². The van der Waals surface area contributed by atoms with Gasteiger partial charge in [-0.05, 0) is 25.1 Å². The van der Waals surface area contributed by atoms with Gasteiger partial charge in [0.15, 0.2) is 5.69 Å². The molecule has 2 aromatic rings. The number of halogens is 2. The second-order valence-corrected chi connectivity index (χ2v) is 6.40. The van der Waals surface area contributed by atoms with Crippen LogP contribution in [0.15, 0.2) is 24.3 Å². The zero-order chi connectivity index (χ0) is 16.6. The molecule has 0 aliphatic carbocycles. The zero-order valence-electron chi connectivity index (χ0n) is 12.9. The molecule has 1 atom stereocenters. The number of benzene rings is 1. The van der Waals surface area contributed by atoms with Crippen molar-refractivity contribution in [2.45, 2.75) is 13.0 Å². The first-order valence-corrected chi connectivity index (χ1v) is 8.11. The van der Waals surface area contributed by atoms with Crippen molar-refractivity contribution in [3.63, 3.8) is 0 Å². The Bertz CT molecular complexity index is 745. The average Bonchev–Trinajstić information content (AvgIpc) is 2.92. The minimum Gasteiger partial charge on any atom is -0.377 e. The molecule has 122 valence electrons. The monoisotopic (exact) mass is 353 g/mol. The van der Waals surface area contributed by atoms with Gasteiger partial charge >= 0.3 is 0 Å². The van der Waals surface area contributed by atoms with Crippen molar-refractivity contribution in [1.82, 2.24) is 14.7 Å². The molecule has 5 nitrogen and oxygen atoms in total. The number of hydrogen-bond acceptors (Lipinski definition) is 3. The minimum absolute atomic E-state index is 0.0479. The molecule has 0 N–H and O–H groups in total. The van der Waals surface area contributed by atoms with Gasteiger partial charge in [-0.2, -0.15) is 5.10 Å². The van der Waals surface area contributed by atoms with Gasteiger partial charge in [0.25, 0.3) is 5.91 Å². The molecular weight excluding hydrogens is 337 g/mol. The van der Waals surface area contributed by atoms with Gasteiger partial charge in [0, 0.05) is 19.2 Å². The Labute approximate surface area is 144 Å². The van der Waals surface area contributed by atoms with Crippen molar-refractivity contribution in [2.75, 3.05) is 19.8 Å². The Hall–Kier alpha value is -1.56. The highest BCUT2D eigenvalue weighted by molar-refractivity contribution is 6.42. The first kappa shape index (κ1) is 16.3. The van der Waals surface area contributed by atoms with Crippen LogP contribution in [-0.2, 0) is 11.8 Å². The Kier molecular flexibility index (Phi) is 4.62. The van der Waals surface area contributed by atoms with Crippen molar-refractivity contribution >= 4 is 29.1 Å². The highest BCUT2D eigenvalue weighted by Crippen LogP contribution is 2.29. The lowest BCUT2D eigenvalue weighted by molar-refractivity contribution is 0.00323. The Morgan fingerprint density at radius 3 is 2.78 bits per heavy atom. The predicted octanol–water partition coefficient (Wildman–Crippen LogP) is 3.25. The molecule has 0 saturated carbocycles. The van der Waals surface area contributed by atoms with Gasteiger partial charge in [-0.25, -0.2) is 0 Å². The fourth-order valence-electron chi connectivity index (χ4n) is 2.67. The number of aryl methyl sites for hydroxylation is 1. The molecule has 1 saturated heterocycles. The number of ether oxygens (including phenoxy) is 1. The first-order chi connectivity index (χ1) is 11.0. The number of hydrogen-bond donors (Lipinski definition) is 0. The average molecular weight is 354 g/mol. The smallest absolute Gasteiger partial charge is 0.274 e. The molecule has 1 aromatic heterocycles. The summed E-state index contributed by atoms with van der Waals surface area (Å²) in [5.74, 6) is -0.0808. The molecule has 3 rings (SSSR count). The molecular formula is C16H17Cl2N3O2. The maximum Gasteiger partial charge on any atom is 0.274 e. The van der Waals surface area contributed by atoms with E-state index < -0.39 is 0 Å². The number of carbonyl (C=O) groups excluding carboxylic acids is 1. The molecule has 1 amide bonds. The molecule has 1 aliphatic rings. The van der Waals surface area contributed by atoms with E-state index in [0.717, 1.165) is 11.3 Å². The van der Waals surface area contributed by atoms with Crippen LogP contribution in [0, 0.1) is 0 Å². The molecule has 0 bridgehead atoms. The quantitative estimate of drug-likeness (QED) is 0.832. The second-order valence-electron chi connectivity index (χ2n) is 5.59. The summed E-state index contributed by atoms with van der Waals surface area (Å²) in [4.78, 5) is 14.5. The van der Waals surface area contributed by atoms with E-state index in [1.807, 2.05) is 13.0 Å². The van der Waals surface area contributed by atoms with E-state index in [1.54, 1.807) is 34.8 Å². The lowest BCUT2D eigenvalue weighted by atomic mass is 10.1. The molecule has 1 aliphatic heterocycles. The van der Waals surface area contributed by atoms with Gasteiger partial charge in [-0.1, -0.05) is 29.3 Å². The third kappa shape index (κ3) is 3.22. The number of carbonyl (C=O) groups is 1. The largest absolute Gasteiger partial charge is 0.377 e. The van der Waals surface area contributed by atoms with Crippen molar-refractivity contribution < 1.29 is 9.53 Å². The van der Waals surface area contributed by atoms with E-state index >= 15 is 0 Å². The van der Waals surface area contributed by atoms with Crippen LogP contribution < -0.4 is 0 Å². The highest BCUT2D eigenvalue weighted by atomic mass is 35.5.